The zero-order valence-electron chi connectivity index (χ0n) is 23.3. The molecule has 11 nitrogen and oxygen atoms in total. The maximum Gasteiger partial charge on any atom is 0.283 e. The first-order valence-electron chi connectivity index (χ1n) is 13.7. The van der Waals surface area contributed by atoms with E-state index in [1.807, 2.05) is 6.92 Å². The summed E-state index contributed by atoms with van der Waals surface area (Å²) in [5.41, 5.74) is 6.78. The molecule has 1 aromatic carbocycles. The number of ether oxygens (including phenoxy) is 1. The second kappa shape index (κ2) is 10.1. The van der Waals surface area contributed by atoms with Gasteiger partial charge in [0, 0.05) is 44.0 Å². The molecule has 1 amide bonds. The second-order valence-corrected chi connectivity index (χ2v) is 10.3. The number of nitrogens with zero attached hydrogens (tertiary/aromatic N) is 7. The van der Waals surface area contributed by atoms with Crippen LogP contribution in [0.1, 0.15) is 52.5 Å². The highest BCUT2D eigenvalue weighted by molar-refractivity contribution is 5.95. The van der Waals surface area contributed by atoms with E-state index in [-0.39, 0.29) is 22.9 Å². The Balaban J connectivity index is 1.37. The third-order valence-corrected chi connectivity index (χ3v) is 8.07. The number of amides is 1. The van der Waals surface area contributed by atoms with E-state index in [0.29, 0.717) is 69.5 Å². The van der Waals surface area contributed by atoms with E-state index in [1.165, 1.54) is 11.9 Å². The average molecular weight is 544 g/mol. The summed E-state index contributed by atoms with van der Waals surface area (Å²) in [6.45, 7) is 11.4. The summed E-state index contributed by atoms with van der Waals surface area (Å²) in [5.74, 6) is 0.108. The van der Waals surface area contributed by atoms with Crippen molar-refractivity contribution in [3.63, 3.8) is 0 Å². The van der Waals surface area contributed by atoms with Gasteiger partial charge in [0.15, 0.2) is 11.4 Å². The van der Waals surface area contributed by atoms with Gasteiger partial charge in [0.2, 0.25) is 5.78 Å². The smallest absolute Gasteiger partial charge is 0.283 e. The van der Waals surface area contributed by atoms with Gasteiger partial charge in [-0.05, 0) is 44.4 Å². The van der Waals surface area contributed by atoms with Gasteiger partial charge in [-0.25, -0.2) is 19.4 Å². The second-order valence-electron chi connectivity index (χ2n) is 10.3. The van der Waals surface area contributed by atoms with Crippen LogP contribution < -0.4 is 10.5 Å². The molecule has 4 aromatic rings. The van der Waals surface area contributed by atoms with Crippen molar-refractivity contribution >= 4 is 17.4 Å². The standard InChI is InChI=1S/C29H33N7O4/c1-5-22-25(33-9-11-34(12-10-33)27(38)24-26(37)17(3)30-16-31-24)28(39)36-18(4)23(32-29(36)35(22)6-2)19-7-8-20-14-40-15-21(20)13-19/h7-8,13,16,37H,5-6,9-12,14-15H2,1-4H3. The molecule has 1 fully saturated rings. The van der Waals surface area contributed by atoms with Crippen LogP contribution in [0.25, 0.3) is 17.0 Å². The minimum atomic E-state index is -0.338. The minimum absolute atomic E-state index is 0.00430. The Morgan fingerprint density at radius 2 is 1.80 bits per heavy atom. The van der Waals surface area contributed by atoms with Crippen molar-refractivity contribution in [2.75, 3.05) is 31.1 Å². The van der Waals surface area contributed by atoms with Crippen LogP contribution in [0.2, 0.25) is 0 Å². The van der Waals surface area contributed by atoms with Crippen LogP contribution >= 0.6 is 0 Å². The normalized spacial score (nSPS) is 15.2. The summed E-state index contributed by atoms with van der Waals surface area (Å²) in [5, 5.41) is 10.3. The predicted molar refractivity (Wildman–Crippen MR) is 150 cm³/mol. The van der Waals surface area contributed by atoms with Crippen molar-refractivity contribution in [3.05, 3.63) is 68.8 Å². The molecule has 0 aliphatic carbocycles. The molecule has 6 rings (SSSR count). The lowest BCUT2D eigenvalue weighted by atomic mass is 10.0. The van der Waals surface area contributed by atoms with Gasteiger partial charge in [-0.2, -0.15) is 0 Å². The van der Waals surface area contributed by atoms with E-state index in [0.717, 1.165) is 28.2 Å². The fourth-order valence-corrected chi connectivity index (χ4v) is 5.90. The Bertz CT molecular complexity index is 1700. The number of hydrogen-bond acceptors (Lipinski definition) is 8. The zero-order valence-corrected chi connectivity index (χ0v) is 23.3. The fraction of sp³-hybridized carbons (Fsp3) is 0.414. The van der Waals surface area contributed by atoms with Crippen LogP contribution in [0, 0.1) is 13.8 Å². The molecular weight excluding hydrogens is 510 g/mol. The third kappa shape index (κ3) is 4.03. The van der Waals surface area contributed by atoms with Gasteiger partial charge in [-0.1, -0.05) is 19.1 Å². The average Bonchev–Trinajstić information content (AvgIpc) is 3.58. The first kappa shape index (κ1) is 26.0. The van der Waals surface area contributed by atoms with Crippen molar-refractivity contribution in [1.29, 1.82) is 0 Å². The highest BCUT2D eigenvalue weighted by Crippen LogP contribution is 2.30. The maximum atomic E-state index is 14.2. The Morgan fingerprint density at radius 3 is 2.52 bits per heavy atom. The molecule has 11 heteroatoms. The van der Waals surface area contributed by atoms with E-state index in [9.17, 15) is 14.7 Å². The van der Waals surface area contributed by atoms with Crippen molar-refractivity contribution in [1.82, 2.24) is 28.8 Å². The van der Waals surface area contributed by atoms with Gasteiger partial charge < -0.3 is 24.2 Å². The van der Waals surface area contributed by atoms with E-state index in [4.69, 9.17) is 9.72 Å². The molecule has 40 heavy (non-hydrogen) atoms. The molecule has 5 heterocycles. The lowest BCUT2D eigenvalue weighted by molar-refractivity contribution is 0.0736. The van der Waals surface area contributed by atoms with E-state index in [1.54, 1.807) is 16.2 Å². The first-order chi connectivity index (χ1) is 19.3. The lowest BCUT2D eigenvalue weighted by Gasteiger charge is -2.36. The van der Waals surface area contributed by atoms with Crippen LogP contribution in [0.4, 0.5) is 5.69 Å². The Hall–Kier alpha value is -4.25. The summed E-state index contributed by atoms with van der Waals surface area (Å²) in [6, 6.07) is 6.25. The number of aromatic hydroxyl groups is 1. The van der Waals surface area contributed by atoms with E-state index in [2.05, 4.69) is 51.5 Å². The third-order valence-electron chi connectivity index (χ3n) is 8.07. The maximum absolute atomic E-state index is 14.2. The molecular formula is C29H33N7O4. The summed E-state index contributed by atoms with van der Waals surface area (Å²) in [6.07, 6.45) is 1.95. The van der Waals surface area contributed by atoms with Crippen molar-refractivity contribution < 1.29 is 14.6 Å². The van der Waals surface area contributed by atoms with Crippen LogP contribution in [0.15, 0.2) is 29.3 Å². The largest absolute Gasteiger partial charge is 0.504 e. The number of imidazole rings is 1. The Morgan fingerprint density at radius 1 is 1.05 bits per heavy atom. The molecule has 1 saturated heterocycles. The van der Waals surface area contributed by atoms with Crippen molar-refractivity contribution in [2.45, 2.75) is 53.9 Å². The monoisotopic (exact) mass is 543 g/mol. The fourth-order valence-electron chi connectivity index (χ4n) is 5.90. The van der Waals surface area contributed by atoms with Gasteiger partial charge in [0.05, 0.1) is 30.3 Å². The molecule has 3 aromatic heterocycles. The topological polar surface area (TPSA) is 118 Å². The number of carbonyl (C=O) groups excluding carboxylic acids is 1. The van der Waals surface area contributed by atoms with E-state index >= 15 is 0 Å². The minimum Gasteiger partial charge on any atom is -0.504 e. The molecule has 208 valence electrons. The van der Waals surface area contributed by atoms with Crippen LogP contribution in [0.3, 0.4) is 0 Å². The molecule has 0 atom stereocenters. The molecule has 2 aliphatic rings. The summed E-state index contributed by atoms with van der Waals surface area (Å²) < 4.78 is 9.45. The number of rotatable bonds is 5. The van der Waals surface area contributed by atoms with Gasteiger partial charge >= 0.3 is 0 Å². The number of anilines is 1. The highest BCUT2D eigenvalue weighted by Gasteiger charge is 2.30. The van der Waals surface area contributed by atoms with Crippen LogP contribution in [-0.4, -0.2) is 66.0 Å². The zero-order chi connectivity index (χ0) is 28.1. The van der Waals surface area contributed by atoms with E-state index < -0.39 is 0 Å². The number of aryl methyl sites for hydroxylation is 3. The number of piperazine rings is 1. The van der Waals surface area contributed by atoms with Crippen molar-refractivity contribution in [2.24, 2.45) is 0 Å². The molecule has 1 N–H and O–H groups in total. The van der Waals surface area contributed by atoms with Gasteiger partial charge in [-0.3, -0.25) is 9.59 Å². The molecule has 0 unspecified atom stereocenters. The van der Waals surface area contributed by atoms with Crippen LogP contribution in [0.5, 0.6) is 5.75 Å². The molecule has 0 spiro atoms. The number of hydrogen-bond donors (Lipinski definition) is 1. The number of benzene rings is 1. The molecule has 0 radical (unpaired) electrons. The summed E-state index contributed by atoms with van der Waals surface area (Å²) in [4.78, 5) is 44.0. The summed E-state index contributed by atoms with van der Waals surface area (Å²) in [7, 11) is 0. The number of fused-ring (bicyclic) bond motifs is 2. The Kier molecular flexibility index (Phi) is 6.53. The van der Waals surface area contributed by atoms with Gasteiger partial charge in [0.25, 0.3) is 11.5 Å². The first-order valence-corrected chi connectivity index (χ1v) is 13.7. The summed E-state index contributed by atoms with van der Waals surface area (Å²) >= 11 is 0. The van der Waals surface area contributed by atoms with Gasteiger partial charge in [0.1, 0.15) is 12.0 Å². The number of carbonyl (C=O) groups is 1. The predicted octanol–water partition coefficient (Wildman–Crippen LogP) is 2.85. The quantitative estimate of drug-likeness (QED) is 0.408. The highest BCUT2D eigenvalue weighted by atomic mass is 16.5. The number of aromatic nitrogens is 5. The van der Waals surface area contributed by atoms with Crippen LogP contribution in [-0.2, 0) is 30.9 Å². The Labute approximate surface area is 231 Å². The van der Waals surface area contributed by atoms with Crippen molar-refractivity contribution in [3.8, 4) is 17.0 Å². The molecule has 0 bridgehead atoms. The SMILES string of the molecule is CCc1c(N2CCN(C(=O)c3ncnc(C)c3O)CC2)c(=O)n2c(C)c(-c3ccc4c(c3)COC4)nc2n1CC. The lowest BCUT2D eigenvalue weighted by Crippen LogP contribution is -2.51. The molecule has 0 saturated carbocycles. The van der Waals surface area contributed by atoms with Gasteiger partial charge in [-0.15, -0.1) is 0 Å². The molecule has 2 aliphatic heterocycles.